The van der Waals surface area contributed by atoms with Gasteiger partial charge < -0.3 is 5.32 Å². The Kier molecular flexibility index (Phi) is 4.62. The fourth-order valence-electron chi connectivity index (χ4n) is 2.45. The maximum absolute atomic E-state index is 14.4. The van der Waals surface area contributed by atoms with Gasteiger partial charge in [-0.25, -0.2) is 8.78 Å². The van der Waals surface area contributed by atoms with Crippen molar-refractivity contribution in [1.82, 2.24) is 14.8 Å². The van der Waals surface area contributed by atoms with Gasteiger partial charge in [-0.15, -0.1) is 0 Å². The molecule has 0 radical (unpaired) electrons. The quantitative estimate of drug-likeness (QED) is 0.695. The zero-order valence-corrected chi connectivity index (χ0v) is 13.5. The number of anilines is 1. The molecule has 0 amide bonds. The summed E-state index contributed by atoms with van der Waals surface area (Å²) in [6.45, 7) is 0.216. The van der Waals surface area contributed by atoms with Gasteiger partial charge in [-0.1, -0.05) is 0 Å². The van der Waals surface area contributed by atoms with E-state index in [1.165, 1.54) is 31.4 Å². The zero-order chi connectivity index (χ0) is 18.9. The van der Waals surface area contributed by atoms with Gasteiger partial charge in [-0.3, -0.25) is 9.67 Å². The maximum atomic E-state index is 14.4. The molecule has 2 aromatic heterocycles. The molecule has 0 bridgehead atoms. The van der Waals surface area contributed by atoms with Crippen LogP contribution in [0, 0.1) is 11.6 Å². The van der Waals surface area contributed by atoms with Crippen LogP contribution in [0.4, 0.5) is 27.6 Å². The second-order valence-electron chi connectivity index (χ2n) is 5.60. The second kappa shape index (κ2) is 6.74. The van der Waals surface area contributed by atoms with Crippen molar-refractivity contribution in [2.24, 2.45) is 7.05 Å². The number of alkyl halides is 3. The highest BCUT2D eigenvalue weighted by Gasteiger charge is 2.34. The Balaban J connectivity index is 1.81. The van der Waals surface area contributed by atoms with E-state index in [1.807, 2.05) is 0 Å². The van der Waals surface area contributed by atoms with Crippen molar-refractivity contribution in [2.45, 2.75) is 12.7 Å². The van der Waals surface area contributed by atoms with Gasteiger partial charge in [0.2, 0.25) is 0 Å². The van der Waals surface area contributed by atoms with Gasteiger partial charge in [0.05, 0.1) is 11.9 Å². The third-order valence-electron chi connectivity index (χ3n) is 3.67. The summed E-state index contributed by atoms with van der Waals surface area (Å²) >= 11 is 0. The van der Waals surface area contributed by atoms with Gasteiger partial charge in [0.1, 0.15) is 11.6 Å². The number of aryl methyl sites for hydroxylation is 1. The fourth-order valence-corrected chi connectivity index (χ4v) is 2.45. The first kappa shape index (κ1) is 17.8. The number of nitrogens with zero attached hydrogens (tertiary/aromatic N) is 3. The fraction of sp³-hybridized carbons (Fsp3) is 0.176. The van der Waals surface area contributed by atoms with E-state index in [2.05, 4.69) is 15.4 Å². The van der Waals surface area contributed by atoms with Crippen LogP contribution in [0.2, 0.25) is 0 Å². The second-order valence-corrected chi connectivity index (χ2v) is 5.60. The standard InChI is InChI=1S/C17H13F5N4/c1-26-15(6-16(25-26)17(20,21)22)13-3-2-12(5-14(13)19)24-8-10-4-11(18)9-23-7-10/h2-7,9,24H,8H2,1H3. The molecule has 0 spiro atoms. The van der Waals surface area contributed by atoms with Crippen LogP contribution in [0.25, 0.3) is 11.3 Å². The van der Waals surface area contributed by atoms with Gasteiger partial charge in [-0.2, -0.15) is 18.3 Å². The number of benzene rings is 1. The molecule has 0 saturated heterocycles. The van der Waals surface area contributed by atoms with E-state index in [1.54, 1.807) is 0 Å². The van der Waals surface area contributed by atoms with E-state index in [9.17, 15) is 22.0 Å². The summed E-state index contributed by atoms with van der Waals surface area (Å²) in [6, 6.07) is 6.12. The van der Waals surface area contributed by atoms with Crippen molar-refractivity contribution in [1.29, 1.82) is 0 Å². The van der Waals surface area contributed by atoms with E-state index in [0.717, 1.165) is 23.0 Å². The van der Waals surface area contributed by atoms with Gasteiger partial charge >= 0.3 is 6.18 Å². The van der Waals surface area contributed by atoms with Crippen LogP contribution >= 0.6 is 0 Å². The number of hydrogen-bond acceptors (Lipinski definition) is 3. The summed E-state index contributed by atoms with van der Waals surface area (Å²) < 4.78 is 66.7. The van der Waals surface area contributed by atoms with Gasteiger partial charge in [0.25, 0.3) is 0 Å². The third-order valence-corrected chi connectivity index (χ3v) is 3.67. The van der Waals surface area contributed by atoms with Gasteiger partial charge in [0, 0.05) is 31.0 Å². The lowest BCUT2D eigenvalue weighted by Crippen LogP contribution is -2.06. The Hall–Kier alpha value is -2.97. The molecule has 0 atom stereocenters. The summed E-state index contributed by atoms with van der Waals surface area (Å²) in [5.41, 5.74) is -0.121. The molecule has 0 saturated carbocycles. The number of aromatic nitrogens is 3. The highest BCUT2D eigenvalue weighted by Crippen LogP contribution is 2.32. The van der Waals surface area contributed by atoms with Crippen molar-refractivity contribution in [2.75, 3.05) is 5.32 Å². The summed E-state index contributed by atoms with van der Waals surface area (Å²) in [6.07, 6.45) is -2.07. The highest BCUT2D eigenvalue weighted by atomic mass is 19.4. The largest absolute Gasteiger partial charge is 0.435 e. The highest BCUT2D eigenvalue weighted by molar-refractivity contribution is 5.64. The lowest BCUT2D eigenvalue weighted by molar-refractivity contribution is -0.141. The van der Waals surface area contributed by atoms with E-state index in [4.69, 9.17) is 0 Å². The molecule has 0 aliphatic carbocycles. The molecule has 0 fully saturated rings. The molecule has 9 heteroatoms. The molecular formula is C17H13F5N4. The zero-order valence-electron chi connectivity index (χ0n) is 13.5. The third kappa shape index (κ3) is 3.81. The first-order valence-corrected chi connectivity index (χ1v) is 7.48. The molecule has 0 aliphatic heterocycles. The van der Waals surface area contributed by atoms with Gasteiger partial charge in [-0.05, 0) is 35.9 Å². The number of pyridine rings is 1. The van der Waals surface area contributed by atoms with Crippen LogP contribution in [-0.2, 0) is 19.8 Å². The molecule has 26 heavy (non-hydrogen) atoms. The number of halogens is 5. The Bertz CT molecular complexity index is 933. The molecule has 3 rings (SSSR count). The van der Waals surface area contributed by atoms with Crippen molar-refractivity contribution < 1.29 is 22.0 Å². The number of rotatable bonds is 4. The van der Waals surface area contributed by atoms with Crippen LogP contribution in [-0.4, -0.2) is 14.8 Å². The van der Waals surface area contributed by atoms with Crippen molar-refractivity contribution in [3.8, 4) is 11.3 Å². The minimum absolute atomic E-state index is 0.00604. The Morgan fingerprint density at radius 2 is 1.85 bits per heavy atom. The van der Waals surface area contributed by atoms with Crippen molar-refractivity contribution in [3.63, 3.8) is 0 Å². The van der Waals surface area contributed by atoms with E-state index in [0.29, 0.717) is 11.3 Å². The smallest absolute Gasteiger partial charge is 0.381 e. The number of nitrogens with one attached hydrogen (secondary N) is 1. The topological polar surface area (TPSA) is 42.7 Å². The molecule has 1 aromatic carbocycles. The summed E-state index contributed by atoms with van der Waals surface area (Å²) in [5, 5.41) is 6.28. The molecule has 0 unspecified atom stereocenters. The van der Waals surface area contributed by atoms with Crippen LogP contribution in [0.5, 0.6) is 0 Å². The Morgan fingerprint density at radius 3 is 2.46 bits per heavy atom. The molecule has 4 nitrogen and oxygen atoms in total. The van der Waals surface area contributed by atoms with Crippen LogP contribution in [0.15, 0.2) is 42.7 Å². The maximum Gasteiger partial charge on any atom is 0.435 e. The molecular weight excluding hydrogens is 355 g/mol. The van der Waals surface area contributed by atoms with E-state index < -0.39 is 23.5 Å². The molecule has 3 aromatic rings. The lowest BCUT2D eigenvalue weighted by Gasteiger charge is -2.09. The monoisotopic (exact) mass is 368 g/mol. The Morgan fingerprint density at radius 1 is 1.08 bits per heavy atom. The van der Waals surface area contributed by atoms with E-state index in [-0.39, 0.29) is 17.8 Å². The molecule has 1 N–H and O–H groups in total. The average molecular weight is 368 g/mol. The number of hydrogen-bond donors (Lipinski definition) is 1. The summed E-state index contributed by atoms with van der Waals surface area (Å²) in [7, 11) is 1.31. The Labute approximate surface area is 145 Å². The summed E-state index contributed by atoms with van der Waals surface area (Å²) in [5.74, 6) is -1.19. The minimum atomic E-state index is -4.60. The normalized spacial score (nSPS) is 11.6. The van der Waals surface area contributed by atoms with Crippen molar-refractivity contribution in [3.05, 3.63) is 65.6 Å². The lowest BCUT2D eigenvalue weighted by atomic mass is 10.1. The molecule has 2 heterocycles. The van der Waals surface area contributed by atoms with E-state index >= 15 is 0 Å². The first-order valence-electron chi connectivity index (χ1n) is 7.48. The van der Waals surface area contributed by atoms with Crippen LogP contribution in [0.3, 0.4) is 0 Å². The molecule has 136 valence electrons. The predicted molar refractivity (Wildman–Crippen MR) is 85.1 cm³/mol. The SMILES string of the molecule is Cn1nc(C(F)(F)F)cc1-c1ccc(NCc2cncc(F)c2)cc1F. The minimum Gasteiger partial charge on any atom is -0.381 e. The first-order chi connectivity index (χ1) is 12.2. The predicted octanol–water partition coefficient (Wildman–Crippen LogP) is 4.39. The average Bonchev–Trinajstić information content (AvgIpc) is 2.95. The molecule has 0 aliphatic rings. The van der Waals surface area contributed by atoms with Gasteiger partial charge in [0.15, 0.2) is 5.69 Å². The van der Waals surface area contributed by atoms with Crippen molar-refractivity contribution >= 4 is 5.69 Å². The van der Waals surface area contributed by atoms with Crippen LogP contribution < -0.4 is 5.32 Å². The summed E-state index contributed by atoms with van der Waals surface area (Å²) in [4.78, 5) is 3.71. The van der Waals surface area contributed by atoms with Crippen LogP contribution in [0.1, 0.15) is 11.3 Å².